The zero-order valence-corrected chi connectivity index (χ0v) is 17.3. The van der Waals surface area contributed by atoms with Crippen LogP contribution in [0.2, 0.25) is 0 Å². The van der Waals surface area contributed by atoms with E-state index in [0.717, 1.165) is 10.6 Å². The van der Waals surface area contributed by atoms with E-state index in [1.165, 1.54) is 12.1 Å². The lowest BCUT2D eigenvalue weighted by molar-refractivity contribution is -0.123. The summed E-state index contributed by atoms with van der Waals surface area (Å²) in [5, 5.41) is 18.6. The van der Waals surface area contributed by atoms with E-state index in [-0.39, 0.29) is 17.5 Å². The van der Waals surface area contributed by atoms with Gasteiger partial charge in [-0.3, -0.25) is 4.79 Å². The number of hydrogen-bond donors (Lipinski definition) is 2. The molecule has 5 rings (SSSR count). The van der Waals surface area contributed by atoms with Gasteiger partial charge in [0.25, 0.3) is 0 Å². The number of rotatable bonds is 5. The van der Waals surface area contributed by atoms with Crippen LogP contribution in [0.5, 0.6) is 0 Å². The van der Waals surface area contributed by atoms with Crippen LogP contribution in [0.3, 0.4) is 0 Å². The number of likely N-dealkylation sites (N-methyl/N-ethyl adjacent to an activating group) is 1. The second-order valence-corrected chi connectivity index (χ2v) is 8.08. The lowest BCUT2D eigenvalue weighted by Crippen LogP contribution is -2.56. The van der Waals surface area contributed by atoms with Crippen molar-refractivity contribution in [3.05, 3.63) is 53.7 Å². The summed E-state index contributed by atoms with van der Waals surface area (Å²) in [4.78, 5) is 36.2. The van der Waals surface area contributed by atoms with Gasteiger partial charge in [0, 0.05) is 19.8 Å². The molecule has 0 saturated carbocycles. The molecular formula is C21H18N6O3S. The number of aromatic nitrogens is 4. The number of carbonyl (C=O) groups excluding carboxylic acids is 1. The molecule has 0 aromatic carbocycles. The molecule has 10 heteroatoms. The minimum atomic E-state index is -1.06. The maximum absolute atomic E-state index is 12.1. The molecule has 156 valence electrons. The van der Waals surface area contributed by atoms with Gasteiger partial charge in [-0.1, -0.05) is 6.07 Å². The molecule has 0 bridgehead atoms. The Bertz CT molecular complexity index is 1300. The number of amides is 1. The highest BCUT2D eigenvalue weighted by Gasteiger charge is 2.35. The Labute approximate surface area is 181 Å². The Kier molecular flexibility index (Phi) is 4.63. The SMILES string of the molecule is CNC(=O)[C@@H]1CCN1c1cc(C(=O)O)cc(-c2cnn3ccc(-c4cccs4)nc23)n1. The number of thiophene rings is 1. The predicted molar refractivity (Wildman–Crippen MR) is 116 cm³/mol. The van der Waals surface area contributed by atoms with E-state index in [0.29, 0.717) is 35.7 Å². The Balaban J connectivity index is 1.62. The number of pyridine rings is 1. The van der Waals surface area contributed by atoms with Gasteiger partial charge in [0.15, 0.2) is 5.65 Å². The van der Waals surface area contributed by atoms with Gasteiger partial charge in [0.1, 0.15) is 11.9 Å². The molecule has 0 aliphatic carbocycles. The lowest BCUT2D eigenvalue weighted by Gasteiger charge is -2.40. The van der Waals surface area contributed by atoms with Crippen molar-refractivity contribution < 1.29 is 14.7 Å². The van der Waals surface area contributed by atoms with Gasteiger partial charge in [-0.05, 0) is 36.1 Å². The van der Waals surface area contributed by atoms with Crippen molar-refractivity contribution in [3.63, 3.8) is 0 Å². The number of fused-ring (bicyclic) bond motifs is 1. The highest BCUT2D eigenvalue weighted by Crippen LogP contribution is 2.31. The van der Waals surface area contributed by atoms with Gasteiger partial charge in [-0.25, -0.2) is 19.3 Å². The van der Waals surface area contributed by atoms with E-state index in [1.807, 2.05) is 34.7 Å². The molecule has 1 aliphatic heterocycles. The average molecular weight is 434 g/mol. The minimum Gasteiger partial charge on any atom is -0.478 e. The summed E-state index contributed by atoms with van der Waals surface area (Å²) in [5.41, 5.74) is 2.55. The van der Waals surface area contributed by atoms with Crippen molar-refractivity contribution in [2.75, 3.05) is 18.5 Å². The molecular weight excluding hydrogens is 416 g/mol. The summed E-state index contributed by atoms with van der Waals surface area (Å²) in [7, 11) is 1.58. The third-order valence-electron chi connectivity index (χ3n) is 5.34. The van der Waals surface area contributed by atoms with Crippen LogP contribution in [0.1, 0.15) is 16.8 Å². The molecule has 0 unspecified atom stereocenters. The number of aromatic carboxylic acids is 1. The lowest BCUT2D eigenvalue weighted by atomic mass is 10.0. The normalized spacial score (nSPS) is 15.6. The summed E-state index contributed by atoms with van der Waals surface area (Å²) in [5.74, 6) is -0.734. The molecule has 0 radical (unpaired) electrons. The van der Waals surface area contributed by atoms with Crippen molar-refractivity contribution in [1.82, 2.24) is 24.9 Å². The molecule has 31 heavy (non-hydrogen) atoms. The standard InChI is InChI=1S/C21H18N6O3S/c1-22-20(28)16-5-6-26(16)18-10-12(21(29)30)9-15(24-18)13-11-23-27-7-4-14(25-19(13)27)17-3-2-8-31-17/h2-4,7-11,16H,5-6H2,1H3,(H,22,28)(H,29,30)/t16-/m0/s1. The Morgan fingerprint density at radius 2 is 2.10 bits per heavy atom. The summed E-state index contributed by atoms with van der Waals surface area (Å²) in [6.07, 6.45) is 4.14. The fourth-order valence-corrected chi connectivity index (χ4v) is 4.33. The number of carboxylic acids is 1. The summed E-state index contributed by atoms with van der Waals surface area (Å²) in [6.45, 7) is 0.628. The van der Waals surface area contributed by atoms with Gasteiger partial charge < -0.3 is 15.3 Å². The van der Waals surface area contributed by atoms with E-state index in [2.05, 4.69) is 15.4 Å². The van der Waals surface area contributed by atoms with E-state index < -0.39 is 5.97 Å². The van der Waals surface area contributed by atoms with E-state index in [1.54, 1.807) is 29.1 Å². The zero-order valence-electron chi connectivity index (χ0n) is 16.5. The van der Waals surface area contributed by atoms with Crippen LogP contribution in [0, 0.1) is 0 Å². The van der Waals surface area contributed by atoms with Gasteiger partial charge in [0.05, 0.1) is 33.6 Å². The van der Waals surface area contributed by atoms with Crippen molar-refractivity contribution in [2.45, 2.75) is 12.5 Å². The largest absolute Gasteiger partial charge is 0.478 e. The molecule has 1 atom stereocenters. The Hall–Kier alpha value is -3.79. The molecule has 0 spiro atoms. The van der Waals surface area contributed by atoms with Gasteiger partial charge in [0.2, 0.25) is 5.91 Å². The van der Waals surface area contributed by atoms with Crippen LogP contribution in [-0.2, 0) is 4.79 Å². The molecule has 5 heterocycles. The molecule has 1 saturated heterocycles. The number of nitrogens with one attached hydrogen (secondary N) is 1. The topological polar surface area (TPSA) is 113 Å². The summed E-state index contributed by atoms with van der Waals surface area (Å²) < 4.78 is 1.64. The molecule has 2 N–H and O–H groups in total. The fraction of sp³-hybridized carbons (Fsp3) is 0.190. The highest BCUT2D eigenvalue weighted by molar-refractivity contribution is 7.13. The van der Waals surface area contributed by atoms with E-state index in [4.69, 9.17) is 4.98 Å². The van der Waals surface area contributed by atoms with Crippen LogP contribution in [-0.4, -0.2) is 56.2 Å². The van der Waals surface area contributed by atoms with Crippen molar-refractivity contribution in [1.29, 1.82) is 0 Å². The smallest absolute Gasteiger partial charge is 0.335 e. The fourth-order valence-electron chi connectivity index (χ4n) is 3.64. The molecule has 4 aromatic heterocycles. The second kappa shape index (κ2) is 7.47. The Morgan fingerprint density at radius 3 is 2.77 bits per heavy atom. The number of nitrogens with zero attached hydrogens (tertiary/aromatic N) is 5. The van der Waals surface area contributed by atoms with E-state index in [9.17, 15) is 14.7 Å². The summed E-state index contributed by atoms with van der Waals surface area (Å²) in [6, 6.07) is 8.49. The van der Waals surface area contributed by atoms with Gasteiger partial charge in [-0.15, -0.1) is 11.3 Å². The van der Waals surface area contributed by atoms with Gasteiger partial charge in [-0.2, -0.15) is 5.10 Å². The quantitative estimate of drug-likeness (QED) is 0.496. The maximum Gasteiger partial charge on any atom is 0.335 e. The van der Waals surface area contributed by atoms with E-state index >= 15 is 0 Å². The van der Waals surface area contributed by atoms with Crippen LogP contribution in [0.25, 0.3) is 27.5 Å². The first-order valence-corrected chi connectivity index (χ1v) is 10.6. The van der Waals surface area contributed by atoms with Gasteiger partial charge >= 0.3 is 5.97 Å². The summed E-state index contributed by atoms with van der Waals surface area (Å²) >= 11 is 1.59. The average Bonchev–Trinajstić information content (AvgIpc) is 3.42. The first-order chi connectivity index (χ1) is 15.0. The second-order valence-electron chi connectivity index (χ2n) is 7.13. The Morgan fingerprint density at radius 1 is 1.23 bits per heavy atom. The number of hydrogen-bond acceptors (Lipinski definition) is 7. The molecule has 1 amide bonds. The maximum atomic E-state index is 12.1. The zero-order chi connectivity index (χ0) is 21.5. The predicted octanol–water partition coefficient (Wildman–Crippen LogP) is 2.54. The molecule has 9 nitrogen and oxygen atoms in total. The third kappa shape index (κ3) is 3.30. The third-order valence-corrected chi connectivity index (χ3v) is 6.23. The van der Waals surface area contributed by atoms with Crippen molar-refractivity contribution in [3.8, 4) is 21.8 Å². The number of carbonyl (C=O) groups is 2. The minimum absolute atomic E-state index is 0.0938. The monoisotopic (exact) mass is 434 g/mol. The van der Waals surface area contributed by atoms with Crippen LogP contribution in [0.15, 0.2) is 48.1 Å². The van der Waals surface area contributed by atoms with Crippen LogP contribution in [0.4, 0.5) is 5.82 Å². The molecule has 1 aliphatic rings. The number of carboxylic acid groups (broad SMARTS) is 1. The number of anilines is 1. The van der Waals surface area contributed by atoms with Crippen LogP contribution < -0.4 is 10.2 Å². The first-order valence-electron chi connectivity index (χ1n) is 9.67. The van der Waals surface area contributed by atoms with Crippen molar-refractivity contribution >= 4 is 34.7 Å². The van der Waals surface area contributed by atoms with Crippen molar-refractivity contribution in [2.24, 2.45) is 0 Å². The van der Waals surface area contributed by atoms with Crippen LogP contribution >= 0.6 is 11.3 Å². The first kappa shape index (κ1) is 19.2. The molecule has 4 aromatic rings. The molecule has 1 fully saturated rings. The highest BCUT2D eigenvalue weighted by atomic mass is 32.1.